The van der Waals surface area contributed by atoms with Crippen LogP contribution in [0.25, 0.3) is 11.1 Å². The zero-order chi connectivity index (χ0) is 18.6. The minimum absolute atomic E-state index is 0.229. The van der Waals surface area contributed by atoms with E-state index in [0.29, 0.717) is 12.1 Å². The summed E-state index contributed by atoms with van der Waals surface area (Å²) in [6, 6.07) is 17.1. The second-order valence-electron chi connectivity index (χ2n) is 5.92. The number of phenols is 1. The van der Waals surface area contributed by atoms with Crippen molar-refractivity contribution in [1.82, 2.24) is 14.9 Å². The number of aromatic hydroxyl groups is 1. The van der Waals surface area contributed by atoms with Crippen LogP contribution in [0.2, 0.25) is 0 Å². The van der Waals surface area contributed by atoms with Gasteiger partial charge < -0.3 is 5.11 Å². The van der Waals surface area contributed by atoms with Gasteiger partial charge in [-0.15, -0.1) is 10.2 Å². The monoisotopic (exact) mass is 373 g/mol. The molecule has 0 unspecified atom stereocenters. The van der Waals surface area contributed by atoms with Crippen LogP contribution < -0.4 is 5.01 Å². The third-order valence-electron chi connectivity index (χ3n) is 4.21. The summed E-state index contributed by atoms with van der Waals surface area (Å²) in [5.41, 5.74) is 4.46. The van der Waals surface area contributed by atoms with Crippen LogP contribution in [-0.4, -0.2) is 20.0 Å². The van der Waals surface area contributed by atoms with Gasteiger partial charge in [0, 0.05) is 5.56 Å². The van der Waals surface area contributed by atoms with Gasteiger partial charge in [-0.1, -0.05) is 12.1 Å². The largest absolute Gasteiger partial charge is 0.508 e. The fourth-order valence-electron chi connectivity index (χ4n) is 2.85. The molecule has 0 fully saturated rings. The lowest BCUT2D eigenvalue weighted by Gasteiger charge is -2.25. The molecule has 0 aliphatic heterocycles. The third-order valence-corrected chi connectivity index (χ3v) is 4.89. The lowest BCUT2D eigenvalue weighted by Crippen LogP contribution is -2.27. The second kappa shape index (κ2) is 7.32. The highest BCUT2D eigenvalue weighted by atomic mass is 32.1. The average Bonchev–Trinajstić information content (AvgIpc) is 3.41. The molecule has 0 spiro atoms. The number of phenolic OH excluding ortho intramolecular Hbond substituents is 1. The molecule has 1 N–H and O–H groups in total. The zero-order valence-electron chi connectivity index (χ0n) is 14.2. The SMILES string of the molecule is N#Cc1ccc(N(Cc2ccc(O)cc2)n2cnnc2)cc1-c1ccsc1. The predicted octanol–water partition coefficient (Wildman–Crippen LogP) is 4.05. The number of aromatic nitrogens is 3. The maximum Gasteiger partial charge on any atom is 0.139 e. The van der Waals surface area contributed by atoms with Crippen LogP contribution in [0, 0.1) is 11.3 Å². The summed E-state index contributed by atoms with van der Waals surface area (Å²) in [6.45, 7) is 0.549. The van der Waals surface area contributed by atoms with Gasteiger partial charge in [-0.05, 0) is 58.3 Å². The Kier molecular flexibility index (Phi) is 4.56. The normalized spacial score (nSPS) is 10.5. The van der Waals surface area contributed by atoms with Crippen LogP contribution in [-0.2, 0) is 6.54 Å². The van der Waals surface area contributed by atoms with Gasteiger partial charge in [0.25, 0.3) is 0 Å². The molecule has 0 amide bonds. The van der Waals surface area contributed by atoms with Crippen molar-refractivity contribution in [2.45, 2.75) is 6.54 Å². The molecular weight excluding hydrogens is 358 g/mol. The van der Waals surface area contributed by atoms with Gasteiger partial charge in [0.15, 0.2) is 0 Å². The highest BCUT2D eigenvalue weighted by molar-refractivity contribution is 7.08. The Labute approximate surface area is 160 Å². The minimum Gasteiger partial charge on any atom is -0.508 e. The fraction of sp³-hybridized carbons (Fsp3) is 0.0500. The molecule has 4 aromatic rings. The van der Waals surface area contributed by atoms with E-state index in [0.717, 1.165) is 22.4 Å². The Morgan fingerprint density at radius 3 is 2.52 bits per heavy atom. The van der Waals surface area contributed by atoms with Crippen molar-refractivity contribution in [3.8, 4) is 22.9 Å². The summed E-state index contributed by atoms with van der Waals surface area (Å²) in [6.07, 6.45) is 3.26. The molecule has 0 saturated carbocycles. The lowest BCUT2D eigenvalue weighted by molar-refractivity contribution is 0.475. The van der Waals surface area contributed by atoms with Crippen molar-refractivity contribution in [3.05, 3.63) is 83.1 Å². The Balaban J connectivity index is 1.77. The van der Waals surface area contributed by atoms with Gasteiger partial charge in [-0.3, -0.25) is 5.01 Å². The maximum atomic E-state index is 9.52. The fourth-order valence-corrected chi connectivity index (χ4v) is 3.50. The molecule has 0 bridgehead atoms. The van der Waals surface area contributed by atoms with Gasteiger partial charge >= 0.3 is 0 Å². The quantitative estimate of drug-likeness (QED) is 0.571. The number of benzene rings is 2. The van der Waals surface area contributed by atoms with Crippen LogP contribution in [0.3, 0.4) is 0 Å². The molecule has 4 rings (SSSR count). The number of hydrogen-bond donors (Lipinski definition) is 1. The highest BCUT2D eigenvalue weighted by Crippen LogP contribution is 2.31. The van der Waals surface area contributed by atoms with Gasteiger partial charge in [-0.25, -0.2) is 4.68 Å². The van der Waals surface area contributed by atoms with E-state index in [-0.39, 0.29) is 5.75 Å². The number of thiophene rings is 1. The molecule has 2 aromatic carbocycles. The molecule has 2 heterocycles. The Bertz CT molecular complexity index is 1070. The first-order valence-electron chi connectivity index (χ1n) is 8.21. The molecule has 7 heteroatoms. The third kappa shape index (κ3) is 3.52. The van der Waals surface area contributed by atoms with Crippen molar-refractivity contribution in [2.75, 3.05) is 5.01 Å². The van der Waals surface area contributed by atoms with Crippen LogP contribution in [0.1, 0.15) is 11.1 Å². The number of rotatable bonds is 5. The Hall–Kier alpha value is -3.63. The van der Waals surface area contributed by atoms with E-state index in [2.05, 4.69) is 16.3 Å². The average molecular weight is 373 g/mol. The summed E-state index contributed by atoms with van der Waals surface area (Å²) in [4.78, 5) is 0. The van der Waals surface area contributed by atoms with Crippen LogP contribution in [0.15, 0.2) is 71.9 Å². The van der Waals surface area contributed by atoms with E-state index in [1.807, 2.05) is 52.2 Å². The number of anilines is 1. The number of hydrogen-bond acceptors (Lipinski definition) is 6. The van der Waals surface area contributed by atoms with Gasteiger partial charge in [0.2, 0.25) is 0 Å². The van der Waals surface area contributed by atoms with Gasteiger partial charge in [0.05, 0.1) is 23.9 Å². The van der Waals surface area contributed by atoms with E-state index in [1.54, 1.807) is 40.8 Å². The second-order valence-corrected chi connectivity index (χ2v) is 6.70. The Morgan fingerprint density at radius 1 is 1.07 bits per heavy atom. The first kappa shape index (κ1) is 16.8. The first-order chi connectivity index (χ1) is 13.2. The number of nitrogens with zero attached hydrogens (tertiary/aromatic N) is 5. The van der Waals surface area contributed by atoms with E-state index < -0.39 is 0 Å². The van der Waals surface area contributed by atoms with Crippen molar-refractivity contribution in [1.29, 1.82) is 5.26 Å². The summed E-state index contributed by atoms with van der Waals surface area (Å²) >= 11 is 1.60. The van der Waals surface area contributed by atoms with Crippen molar-refractivity contribution in [3.63, 3.8) is 0 Å². The van der Waals surface area contributed by atoms with Crippen LogP contribution >= 0.6 is 11.3 Å². The molecule has 0 aliphatic rings. The molecule has 0 atom stereocenters. The smallest absolute Gasteiger partial charge is 0.139 e. The topological polar surface area (TPSA) is 78.0 Å². The minimum atomic E-state index is 0.229. The summed E-state index contributed by atoms with van der Waals surface area (Å²) in [5, 5.41) is 32.9. The molecule has 27 heavy (non-hydrogen) atoms. The molecule has 132 valence electrons. The summed E-state index contributed by atoms with van der Waals surface area (Å²) in [5.74, 6) is 0.229. The first-order valence-corrected chi connectivity index (χ1v) is 9.16. The van der Waals surface area contributed by atoms with Crippen LogP contribution in [0.4, 0.5) is 5.69 Å². The molecule has 6 nitrogen and oxygen atoms in total. The van der Waals surface area contributed by atoms with E-state index in [4.69, 9.17) is 0 Å². The molecule has 2 aromatic heterocycles. The lowest BCUT2D eigenvalue weighted by atomic mass is 10.0. The summed E-state index contributed by atoms with van der Waals surface area (Å²) < 4.78 is 1.80. The number of nitriles is 1. The molecular formula is C20H15N5OS. The van der Waals surface area contributed by atoms with Crippen molar-refractivity contribution in [2.24, 2.45) is 0 Å². The highest BCUT2D eigenvalue weighted by Gasteiger charge is 2.14. The molecule has 0 radical (unpaired) electrons. The van der Waals surface area contributed by atoms with Crippen molar-refractivity contribution >= 4 is 17.0 Å². The maximum absolute atomic E-state index is 9.52. The van der Waals surface area contributed by atoms with E-state index in [9.17, 15) is 10.4 Å². The van der Waals surface area contributed by atoms with E-state index in [1.165, 1.54) is 0 Å². The molecule has 0 saturated heterocycles. The van der Waals surface area contributed by atoms with Crippen molar-refractivity contribution < 1.29 is 5.11 Å². The Morgan fingerprint density at radius 2 is 1.85 bits per heavy atom. The standard InChI is InChI=1S/C20H15N5OS/c21-10-16-3-4-18(9-20(16)17-7-8-27-12-17)25(24-13-22-23-14-24)11-15-1-5-19(26)6-2-15/h1-9,12-14,26H,11H2. The van der Waals surface area contributed by atoms with Gasteiger partial charge in [-0.2, -0.15) is 16.6 Å². The molecule has 0 aliphatic carbocycles. The zero-order valence-corrected chi connectivity index (χ0v) is 15.0. The predicted molar refractivity (Wildman–Crippen MR) is 104 cm³/mol. The summed E-state index contributed by atoms with van der Waals surface area (Å²) in [7, 11) is 0. The van der Waals surface area contributed by atoms with Gasteiger partial charge in [0.1, 0.15) is 18.4 Å². The van der Waals surface area contributed by atoms with E-state index >= 15 is 0 Å². The van der Waals surface area contributed by atoms with Crippen LogP contribution in [0.5, 0.6) is 5.75 Å².